The second-order valence-corrected chi connectivity index (χ2v) is 7.11. The van der Waals surface area contributed by atoms with Crippen molar-refractivity contribution >= 4 is 21.8 Å². The number of halogens is 1. The van der Waals surface area contributed by atoms with Gasteiger partial charge in [0.05, 0.1) is 0 Å². The molecule has 1 unspecified atom stereocenters. The number of unbranched alkanes of at least 4 members (excludes halogenated alkanes) is 1. The quantitative estimate of drug-likeness (QED) is 0.677. The standard InChI is InChI=1S/C12H25ClN2O2S/c1-3-5-8-14(4-2)18(16,17)15-9-6-7-12(10-13)11-15/h12H,3-11H2,1-2H3. The van der Waals surface area contributed by atoms with Crippen LogP contribution in [0.25, 0.3) is 0 Å². The molecule has 0 radical (unpaired) electrons. The maximum Gasteiger partial charge on any atom is 0.281 e. The lowest BCUT2D eigenvalue weighted by molar-refractivity contribution is 0.260. The fourth-order valence-corrected chi connectivity index (χ4v) is 4.32. The van der Waals surface area contributed by atoms with E-state index in [0.717, 1.165) is 25.7 Å². The molecule has 0 aliphatic carbocycles. The Bertz CT molecular complexity index is 335. The fraction of sp³-hybridized carbons (Fsp3) is 1.00. The molecule has 0 spiro atoms. The zero-order chi connectivity index (χ0) is 13.6. The van der Waals surface area contributed by atoms with E-state index in [2.05, 4.69) is 6.92 Å². The molecule has 6 heteroatoms. The van der Waals surface area contributed by atoms with Gasteiger partial charge in [-0.2, -0.15) is 17.0 Å². The van der Waals surface area contributed by atoms with Crippen molar-refractivity contribution in [3.05, 3.63) is 0 Å². The molecule has 4 nitrogen and oxygen atoms in total. The molecule has 1 rings (SSSR count). The third kappa shape index (κ3) is 4.08. The molecule has 1 heterocycles. The van der Waals surface area contributed by atoms with Crippen LogP contribution in [0.15, 0.2) is 0 Å². The first-order valence-electron chi connectivity index (χ1n) is 6.87. The molecule has 0 amide bonds. The van der Waals surface area contributed by atoms with Gasteiger partial charge in [0.25, 0.3) is 10.2 Å². The summed E-state index contributed by atoms with van der Waals surface area (Å²) in [5, 5.41) is 0. The average molecular weight is 297 g/mol. The van der Waals surface area contributed by atoms with Crippen LogP contribution in [0.4, 0.5) is 0 Å². The van der Waals surface area contributed by atoms with E-state index in [1.165, 1.54) is 0 Å². The minimum absolute atomic E-state index is 0.306. The van der Waals surface area contributed by atoms with Gasteiger partial charge in [-0.15, -0.1) is 11.6 Å². The van der Waals surface area contributed by atoms with E-state index >= 15 is 0 Å². The zero-order valence-corrected chi connectivity index (χ0v) is 13.0. The zero-order valence-electron chi connectivity index (χ0n) is 11.4. The summed E-state index contributed by atoms with van der Waals surface area (Å²) in [6.45, 7) is 6.36. The van der Waals surface area contributed by atoms with Gasteiger partial charge in [-0.1, -0.05) is 20.3 Å². The van der Waals surface area contributed by atoms with Gasteiger partial charge in [-0.05, 0) is 25.2 Å². The molecule has 0 aromatic heterocycles. The van der Waals surface area contributed by atoms with Crippen molar-refractivity contribution in [2.45, 2.75) is 39.5 Å². The van der Waals surface area contributed by atoms with E-state index in [0.29, 0.717) is 38.0 Å². The van der Waals surface area contributed by atoms with Gasteiger partial charge in [0, 0.05) is 32.1 Å². The molecular weight excluding hydrogens is 272 g/mol. The van der Waals surface area contributed by atoms with Crippen LogP contribution >= 0.6 is 11.6 Å². The molecule has 18 heavy (non-hydrogen) atoms. The topological polar surface area (TPSA) is 40.6 Å². The number of rotatable bonds is 7. The molecule has 108 valence electrons. The van der Waals surface area contributed by atoms with Crippen molar-refractivity contribution in [1.82, 2.24) is 8.61 Å². The van der Waals surface area contributed by atoms with E-state index in [1.807, 2.05) is 6.92 Å². The Hall–Kier alpha value is 0.160. The Morgan fingerprint density at radius 1 is 1.39 bits per heavy atom. The molecule has 1 fully saturated rings. The van der Waals surface area contributed by atoms with Gasteiger partial charge in [-0.25, -0.2) is 0 Å². The van der Waals surface area contributed by atoms with Crippen LogP contribution in [0.3, 0.4) is 0 Å². The number of piperidine rings is 1. The predicted octanol–water partition coefficient (Wildman–Crippen LogP) is 2.30. The van der Waals surface area contributed by atoms with Crippen molar-refractivity contribution in [3.63, 3.8) is 0 Å². The highest BCUT2D eigenvalue weighted by molar-refractivity contribution is 7.86. The molecular formula is C12H25ClN2O2S. The largest absolute Gasteiger partial charge is 0.281 e. The van der Waals surface area contributed by atoms with Gasteiger partial charge >= 0.3 is 0 Å². The minimum atomic E-state index is -3.28. The Balaban J connectivity index is 2.70. The van der Waals surface area contributed by atoms with Crippen molar-refractivity contribution < 1.29 is 8.42 Å². The monoisotopic (exact) mass is 296 g/mol. The molecule has 1 atom stereocenters. The highest BCUT2D eigenvalue weighted by Crippen LogP contribution is 2.22. The van der Waals surface area contributed by atoms with Crippen LogP contribution in [-0.2, 0) is 10.2 Å². The van der Waals surface area contributed by atoms with Crippen LogP contribution in [0.5, 0.6) is 0 Å². The van der Waals surface area contributed by atoms with Crippen LogP contribution in [0, 0.1) is 5.92 Å². The van der Waals surface area contributed by atoms with Gasteiger partial charge in [-0.3, -0.25) is 0 Å². The number of nitrogens with zero attached hydrogens (tertiary/aromatic N) is 2. The Kier molecular flexibility index (Phi) is 6.92. The van der Waals surface area contributed by atoms with Crippen LogP contribution in [-0.4, -0.2) is 49.1 Å². The summed E-state index contributed by atoms with van der Waals surface area (Å²) < 4.78 is 28.2. The maximum absolute atomic E-state index is 12.5. The van der Waals surface area contributed by atoms with Crippen molar-refractivity contribution in [2.24, 2.45) is 5.92 Å². The molecule has 0 aromatic carbocycles. The van der Waals surface area contributed by atoms with E-state index < -0.39 is 10.2 Å². The van der Waals surface area contributed by atoms with E-state index in [4.69, 9.17) is 11.6 Å². The Labute approximate surface area is 116 Å². The number of hydrogen-bond acceptors (Lipinski definition) is 2. The summed E-state index contributed by atoms with van der Waals surface area (Å²) in [6.07, 6.45) is 3.88. The fourth-order valence-electron chi connectivity index (χ4n) is 2.30. The summed E-state index contributed by atoms with van der Waals surface area (Å²) in [5.41, 5.74) is 0. The molecule has 0 aromatic rings. The summed E-state index contributed by atoms with van der Waals surface area (Å²) in [6, 6.07) is 0. The average Bonchev–Trinajstić information content (AvgIpc) is 2.39. The molecule has 0 N–H and O–H groups in total. The first-order valence-corrected chi connectivity index (χ1v) is 8.80. The lowest BCUT2D eigenvalue weighted by Gasteiger charge is -2.34. The molecule has 1 saturated heterocycles. The third-order valence-electron chi connectivity index (χ3n) is 3.47. The van der Waals surface area contributed by atoms with Crippen LogP contribution in [0.1, 0.15) is 39.5 Å². The third-order valence-corrected chi connectivity index (χ3v) is 5.98. The summed E-state index contributed by atoms with van der Waals surface area (Å²) in [7, 11) is -3.28. The van der Waals surface area contributed by atoms with E-state index in [1.54, 1.807) is 8.61 Å². The van der Waals surface area contributed by atoms with Crippen molar-refractivity contribution in [1.29, 1.82) is 0 Å². The van der Waals surface area contributed by atoms with Gasteiger partial charge in [0.2, 0.25) is 0 Å². The molecule has 0 bridgehead atoms. The maximum atomic E-state index is 12.5. The summed E-state index contributed by atoms with van der Waals surface area (Å²) in [4.78, 5) is 0. The van der Waals surface area contributed by atoms with Crippen molar-refractivity contribution in [2.75, 3.05) is 32.1 Å². The van der Waals surface area contributed by atoms with Crippen LogP contribution < -0.4 is 0 Å². The highest BCUT2D eigenvalue weighted by atomic mass is 35.5. The molecule has 0 saturated carbocycles. The smallest absolute Gasteiger partial charge is 0.195 e. The lowest BCUT2D eigenvalue weighted by Crippen LogP contribution is -2.48. The Morgan fingerprint density at radius 2 is 2.11 bits per heavy atom. The second kappa shape index (κ2) is 7.68. The Morgan fingerprint density at radius 3 is 2.67 bits per heavy atom. The van der Waals surface area contributed by atoms with E-state index in [9.17, 15) is 8.42 Å². The van der Waals surface area contributed by atoms with Gasteiger partial charge in [0.15, 0.2) is 0 Å². The second-order valence-electron chi connectivity index (χ2n) is 4.87. The van der Waals surface area contributed by atoms with Crippen molar-refractivity contribution in [3.8, 4) is 0 Å². The normalized spacial score (nSPS) is 22.6. The van der Waals surface area contributed by atoms with Gasteiger partial charge in [0.1, 0.15) is 0 Å². The van der Waals surface area contributed by atoms with Gasteiger partial charge < -0.3 is 0 Å². The molecule has 1 aliphatic rings. The van der Waals surface area contributed by atoms with Crippen LogP contribution in [0.2, 0.25) is 0 Å². The minimum Gasteiger partial charge on any atom is -0.195 e. The van der Waals surface area contributed by atoms with E-state index in [-0.39, 0.29) is 0 Å². The first-order chi connectivity index (χ1) is 8.56. The molecule has 1 aliphatic heterocycles. The first kappa shape index (κ1) is 16.2. The number of hydrogen-bond donors (Lipinski definition) is 0. The SMILES string of the molecule is CCCCN(CC)S(=O)(=O)N1CCCC(CCl)C1. The highest BCUT2D eigenvalue weighted by Gasteiger charge is 2.32. The lowest BCUT2D eigenvalue weighted by atomic mass is 10.0. The summed E-state index contributed by atoms with van der Waals surface area (Å²) in [5.74, 6) is 0.854. The summed E-state index contributed by atoms with van der Waals surface area (Å²) >= 11 is 5.86. The number of alkyl halides is 1. The predicted molar refractivity (Wildman–Crippen MR) is 76.1 cm³/mol.